The molecule has 4 rings (SSSR count). The van der Waals surface area contributed by atoms with Gasteiger partial charge >= 0.3 is 5.97 Å². The molecular formula is C21H20N2O5. The van der Waals surface area contributed by atoms with Gasteiger partial charge in [0.25, 0.3) is 5.91 Å². The molecule has 1 atom stereocenters. The largest absolute Gasteiger partial charge is 0.454 e. The lowest BCUT2D eigenvalue weighted by Crippen LogP contribution is -2.35. The standard InChI is InChI=1S/C21H20N2O5/c1-13(20(24)22-10-14-7-8-18-19(9-14)27-12-26-18)28-21(25)16-11-23(2)17-6-4-3-5-15(16)17/h3-9,11,13H,10,12H2,1-2H3,(H,22,24). The average molecular weight is 380 g/mol. The van der Waals surface area contributed by atoms with Crippen LogP contribution in [-0.2, 0) is 23.1 Å². The Labute approximate surface area is 161 Å². The van der Waals surface area contributed by atoms with Crippen molar-refractivity contribution < 1.29 is 23.8 Å². The van der Waals surface area contributed by atoms with E-state index in [-0.39, 0.29) is 12.7 Å². The number of ether oxygens (including phenoxy) is 3. The molecule has 0 spiro atoms. The number of rotatable bonds is 5. The number of para-hydroxylation sites is 1. The van der Waals surface area contributed by atoms with E-state index in [1.807, 2.05) is 48.0 Å². The molecule has 144 valence electrons. The van der Waals surface area contributed by atoms with Gasteiger partial charge in [-0.1, -0.05) is 24.3 Å². The molecule has 0 aliphatic carbocycles. The van der Waals surface area contributed by atoms with Crippen LogP contribution in [0.1, 0.15) is 22.8 Å². The first kappa shape index (κ1) is 17.9. The van der Waals surface area contributed by atoms with Crippen molar-refractivity contribution >= 4 is 22.8 Å². The molecule has 3 aromatic rings. The summed E-state index contributed by atoms with van der Waals surface area (Å²) in [5.74, 6) is 0.448. The summed E-state index contributed by atoms with van der Waals surface area (Å²) < 4.78 is 17.8. The predicted octanol–water partition coefficient (Wildman–Crippen LogP) is 2.77. The molecule has 28 heavy (non-hydrogen) atoms. The van der Waals surface area contributed by atoms with Crippen molar-refractivity contribution in [1.82, 2.24) is 9.88 Å². The summed E-state index contributed by atoms with van der Waals surface area (Å²) in [7, 11) is 1.86. The summed E-state index contributed by atoms with van der Waals surface area (Å²) in [5, 5.41) is 3.57. The van der Waals surface area contributed by atoms with Crippen LogP contribution in [0, 0.1) is 0 Å². The maximum atomic E-state index is 12.5. The normalized spacial score (nSPS) is 13.4. The zero-order valence-electron chi connectivity index (χ0n) is 15.6. The van der Waals surface area contributed by atoms with Crippen molar-refractivity contribution in [3.63, 3.8) is 0 Å². The van der Waals surface area contributed by atoms with Gasteiger partial charge in [0, 0.05) is 30.7 Å². The number of benzene rings is 2. The molecule has 7 nitrogen and oxygen atoms in total. The molecular weight excluding hydrogens is 360 g/mol. The second-order valence-corrected chi connectivity index (χ2v) is 6.62. The molecule has 1 unspecified atom stereocenters. The van der Waals surface area contributed by atoms with Crippen LogP contribution in [0.4, 0.5) is 0 Å². The Morgan fingerprint density at radius 2 is 1.96 bits per heavy atom. The van der Waals surface area contributed by atoms with E-state index >= 15 is 0 Å². The van der Waals surface area contributed by atoms with Crippen molar-refractivity contribution in [2.24, 2.45) is 7.05 Å². The minimum absolute atomic E-state index is 0.201. The van der Waals surface area contributed by atoms with E-state index in [0.717, 1.165) is 16.5 Å². The average Bonchev–Trinajstić information content (AvgIpc) is 3.30. The fourth-order valence-corrected chi connectivity index (χ4v) is 3.17. The van der Waals surface area contributed by atoms with Crippen LogP contribution < -0.4 is 14.8 Å². The molecule has 7 heteroatoms. The minimum Gasteiger partial charge on any atom is -0.454 e. The molecule has 0 saturated carbocycles. The number of aromatic nitrogens is 1. The smallest absolute Gasteiger partial charge is 0.341 e. The van der Waals surface area contributed by atoms with Gasteiger partial charge in [0.2, 0.25) is 6.79 Å². The number of nitrogens with one attached hydrogen (secondary N) is 1. The summed E-state index contributed by atoms with van der Waals surface area (Å²) in [4.78, 5) is 24.9. The fraction of sp³-hybridized carbons (Fsp3) is 0.238. The molecule has 0 fully saturated rings. The van der Waals surface area contributed by atoms with Crippen molar-refractivity contribution in [2.45, 2.75) is 19.6 Å². The van der Waals surface area contributed by atoms with Gasteiger partial charge in [-0.3, -0.25) is 4.79 Å². The van der Waals surface area contributed by atoms with Crippen LogP contribution in [-0.4, -0.2) is 29.3 Å². The number of fused-ring (bicyclic) bond motifs is 2. The van der Waals surface area contributed by atoms with Crippen molar-refractivity contribution in [1.29, 1.82) is 0 Å². The number of carbonyl (C=O) groups is 2. The number of hydrogen-bond donors (Lipinski definition) is 1. The van der Waals surface area contributed by atoms with Gasteiger partial charge in [-0.05, 0) is 30.7 Å². The van der Waals surface area contributed by atoms with Gasteiger partial charge in [0.15, 0.2) is 17.6 Å². The fourth-order valence-electron chi connectivity index (χ4n) is 3.17. The molecule has 1 amide bonds. The summed E-state index contributed by atoms with van der Waals surface area (Å²) in [6, 6.07) is 13.0. The SMILES string of the molecule is CC(OC(=O)c1cn(C)c2ccccc12)C(=O)NCc1ccc2c(c1)OCO2. The van der Waals surface area contributed by atoms with Gasteiger partial charge < -0.3 is 24.1 Å². The van der Waals surface area contributed by atoms with Gasteiger partial charge in [0.1, 0.15) is 0 Å². The third kappa shape index (κ3) is 3.38. The number of aryl methyl sites for hydroxylation is 1. The molecule has 0 bridgehead atoms. The van der Waals surface area contributed by atoms with E-state index in [1.165, 1.54) is 0 Å². The van der Waals surface area contributed by atoms with E-state index in [4.69, 9.17) is 14.2 Å². The maximum absolute atomic E-state index is 12.5. The summed E-state index contributed by atoms with van der Waals surface area (Å²) in [5.41, 5.74) is 2.23. The molecule has 2 heterocycles. The third-order valence-electron chi connectivity index (χ3n) is 4.67. The molecule has 2 aromatic carbocycles. The van der Waals surface area contributed by atoms with E-state index < -0.39 is 12.1 Å². The van der Waals surface area contributed by atoms with E-state index in [1.54, 1.807) is 19.2 Å². The molecule has 1 aliphatic heterocycles. The van der Waals surface area contributed by atoms with E-state index in [0.29, 0.717) is 23.6 Å². The Morgan fingerprint density at radius 1 is 1.18 bits per heavy atom. The van der Waals surface area contributed by atoms with Crippen LogP contribution in [0.3, 0.4) is 0 Å². The third-order valence-corrected chi connectivity index (χ3v) is 4.67. The first-order valence-electron chi connectivity index (χ1n) is 8.94. The first-order chi connectivity index (χ1) is 13.5. The Hall–Kier alpha value is -3.48. The van der Waals surface area contributed by atoms with Gasteiger partial charge in [0.05, 0.1) is 5.56 Å². The number of amides is 1. The van der Waals surface area contributed by atoms with Crippen LogP contribution in [0.25, 0.3) is 10.9 Å². The highest BCUT2D eigenvalue weighted by Gasteiger charge is 2.22. The molecule has 1 aromatic heterocycles. The summed E-state index contributed by atoms with van der Waals surface area (Å²) in [6.45, 7) is 2.05. The number of esters is 1. The topological polar surface area (TPSA) is 78.8 Å². The summed E-state index contributed by atoms with van der Waals surface area (Å²) >= 11 is 0. The van der Waals surface area contributed by atoms with Crippen molar-refractivity contribution in [2.75, 3.05) is 6.79 Å². The minimum atomic E-state index is -0.916. The van der Waals surface area contributed by atoms with Crippen LogP contribution in [0.5, 0.6) is 11.5 Å². The number of hydrogen-bond acceptors (Lipinski definition) is 5. The highest BCUT2D eigenvalue weighted by molar-refractivity contribution is 6.05. The number of carbonyl (C=O) groups excluding carboxylic acids is 2. The van der Waals surface area contributed by atoms with Crippen LogP contribution >= 0.6 is 0 Å². The molecule has 0 radical (unpaired) electrons. The second-order valence-electron chi connectivity index (χ2n) is 6.62. The lowest BCUT2D eigenvalue weighted by molar-refractivity contribution is -0.129. The maximum Gasteiger partial charge on any atom is 0.341 e. The Kier molecular flexibility index (Phi) is 4.65. The summed E-state index contributed by atoms with van der Waals surface area (Å²) in [6.07, 6.45) is 0.796. The monoisotopic (exact) mass is 380 g/mol. The first-order valence-corrected chi connectivity index (χ1v) is 8.94. The quantitative estimate of drug-likeness (QED) is 0.689. The Bertz CT molecular complexity index is 1060. The Morgan fingerprint density at radius 3 is 2.82 bits per heavy atom. The lowest BCUT2D eigenvalue weighted by atomic mass is 10.2. The zero-order valence-corrected chi connectivity index (χ0v) is 15.6. The molecule has 0 saturated heterocycles. The lowest BCUT2D eigenvalue weighted by Gasteiger charge is -2.13. The molecule has 1 aliphatic rings. The molecule has 1 N–H and O–H groups in total. The van der Waals surface area contributed by atoms with Crippen molar-refractivity contribution in [3.8, 4) is 11.5 Å². The second kappa shape index (κ2) is 7.26. The van der Waals surface area contributed by atoms with Gasteiger partial charge in [-0.2, -0.15) is 0 Å². The van der Waals surface area contributed by atoms with Gasteiger partial charge in [-0.25, -0.2) is 4.79 Å². The highest BCUT2D eigenvalue weighted by Crippen LogP contribution is 2.32. The predicted molar refractivity (Wildman–Crippen MR) is 102 cm³/mol. The van der Waals surface area contributed by atoms with Crippen LogP contribution in [0.15, 0.2) is 48.7 Å². The van der Waals surface area contributed by atoms with E-state index in [9.17, 15) is 9.59 Å². The van der Waals surface area contributed by atoms with Crippen molar-refractivity contribution in [3.05, 3.63) is 59.8 Å². The zero-order chi connectivity index (χ0) is 19.7. The van der Waals surface area contributed by atoms with Crippen LogP contribution in [0.2, 0.25) is 0 Å². The highest BCUT2D eigenvalue weighted by atomic mass is 16.7. The Balaban J connectivity index is 1.38. The van der Waals surface area contributed by atoms with Gasteiger partial charge in [-0.15, -0.1) is 0 Å². The van der Waals surface area contributed by atoms with E-state index in [2.05, 4.69) is 5.32 Å². The number of nitrogens with zero attached hydrogens (tertiary/aromatic N) is 1.